The fourth-order valence-electron chi connectivity index (χ4n) is 2.33. The number of carbonyl (C=O) groups is 1. The van der Waals surface area contributed by atoms with Gasteiger partial charge in [-0.05, 0) is 17.3 Å². The van der Waals surface area contributed by atoms with Gasteiger partial charge < -0.3 is 4.90 Å². The van der Waals surface area contributed by atoms with Crippen molar-refractivity contribution in [2.75, 3.05) is 32.4 Å². The van der Waals surface area contributed by atoms with Gasteiger partial charge in [0.15, 0.2) is 0 Å². The topological polar surface area (TPSA) is 101 Å². The Morgan fingerprint density at radius 1 is 1.09 bits per heavy atom. The smallest absolute Gasteiger partial charge is 0.295 e. The maximum Gasteiger partial charge on any atom is 0.295 e. The molecule has 1 saturated heterocycles. The number of tetrazole rings is 1. The molecule has 2 heterocycles. The van der Waals surface area contributed by atoms with Crippen LogP contribution in [0, 0.1) is 0 Å². The SMILES string of the molecule is CS(=O)(=O)N1CCN(C(=O)c2nnn(-c3ccccc3)n2)CC1. The molecule has 0 aliphatic carbocycles. The van der Waals surface area contributed by atoms with Crippen LogP contribution < -0.4 is 0 Å². The van der Waals surface area contributed by atoms with Crippen molar-refractivity contribution < 1.29 is 13.2 Å². The number of nitrogens with zero attached hydrogens (tertiary/aromatic N) is 6. The third-order valence-corrected chi connectivity index (χ3v) is 4.89. The second-order valence-corrected chi connectivity index (χ2v) is 7.17. The standard InChI is InChI=1S/C13H16N6O3S/c1-23(21,22)18-9-7-17(8-10-18)13(20)12-14-16-19(15-12)11-5-3-2-4-6-11/h2-6H,7-10H2,1H3. The van der Waals surface area contributed by atoms with Gasteiger partial charge in [-0.3, -0.25) is 4.79 Å². The molecule has 0 bridgehead atoms. The van der Waals surface area contributed by atoms with Gasteiger partial charge in [0.25, 0.3) is 11.7 Å². The number of hydrogen-bond donors (Lipinski definition) is 0. The third kappa shape index (κ3) is 3.37. The Morgan fingerprint density at radius 3 is 2.35 bits per heavy atom. The largest absolute Gasteiger partial charge is 0.333 e. The number of amides is 1. The zero-order valence-corrected chi connectivity index (χ0v) is 13.3. The van der Waals surface area contributed by atoms with Gasteiger partial charge in [0.1, 0.15) is 0 Å². The molecule has 122 valence electrons. The van der Waals surface area contributed by atoms with E-state index in [1.807, 2.05) is 18.2 Å². The van der Waals surface area contributed by atoms with Crippen LogP contribution in [0.1, 0.15) is 10.6 Å². The normalized spacial score (nSPS) is 16.5. The molecule has 23 heavy (non-hydrogen) atoms. The molecule has 0 N–H and O–H groups in total. The van der Waals surface area contributed by atoms with Gasteiger partial charge in [0.05, 0.1) is 11.9 Å². The molecule has 0 spiro atoms. The summed E-state index contributed by atoms with van der Waals surface area (Å²) in [4.78, 5) is 15.2. The summed E-state index contributed by atoms with van der Waals surface area (Å²) in [7, 11) is -3.22. The summed E-state index contributed by atoms with van der Waals surface area (Å²) in [6.07, 6.45) is 1.16. The van der Waals surface area contributed by atoms with Gasteiger partial charge in [0, 0.05) is 26.2 Å². The highest BCUT2D eigenvalue weighted by Crippen LogP contribution is 2.09. The van der Waals surface area contributed by atoms with Crippen LogP contribution in [-0.4, -0.2) is 76.2 Å². The van der Waals surface area contributed by atoms with Crippen LogP contribution in [0.25, 0.3) is 5.69 Å². The first-order valence-corrected chi connectivity index (χ1v) is 8.90. The molecular weight excluding hydrogens is 320 g/mol. The summed E-state index contributed by atoms with van der Waals surface area (Å²) in [6, 6.07) is 9.16. The van der Waals surface area contributed by atoms with Crippen molar-refractivity contribution in [3.8, 4) is 5.69 Å². The average molecular weight is 336 g/mol. The predicted molar refractivity (Wildman–Crippen MR) is 81.5 cm³/mol. The first kappa shape index (κ1) is 15.6. The molecular formula is C13H16N6O3S. The molecule has 3 rings (SSSR count). The van der Waals surface area contributed by atoms with E-state index >= 15 is 0 Å². The number of piperazine rings is 1. The maximum atomic E-state index is 12.4. The van der Waals surface area contributed by atoms with E-state index in [9.17, 15) is 13.2 Å². The Labute approximate surface area is 133 Å². The van der Waals surface area contributed by atoms with Crippen LogP contribution in [0.15, 0.2) is 30.3 Å². The summed E-state index contributed by atoms with van der Waals surface area (Å²) < 4.78 is 24.3. The van der Waals surface area contributed by atoms with Crippen molar-refractivity contribution in [3.05, 3.63) is 36.2 Å². The highest BCUT2D eigenvalue weighted by Gasteiger charge is 2.28. The van der Waals surface area contributed by atoms with Crippen molar-refractivity contribution >= 4 is 15.9 Å². The van der Waals surface area contributed by atoms with Crippen LogP contribution in [-0.2, 0) is 10.0 Å². The van der Waals surface area contributed by atoms with Crippen molar-refractivity contribution in [2.24, 2.45) is 0 Å². The molecule has 0 atom stereocenters. The maximum absolute atomic E-state index is 12.4. The van der Waals surface area contributed by atoms with Crippen LogP contribution in [0.2, 0.25) is 0 Å². The molecule has 1 fully saturated rings. The Morgan fingerprint density at radius 2 is 1.74 bits per heavy atom. The van der Waals surface area contributed by atoms with Gasteiger partial charge in [-0.1, -0.05) is 18.2 Å². The number of para-hydroxylation sites is 1. The second kappa shape index (κ2) is 6.05. The predicted octanol–water partition coefficient (Wildman–Crippen LogP) is -0.620. The van der Waals surface area contributed by atoms with E-state index in [2.05, 4.69) is 15.4 Å². The van der Waals surface area contributed by atoms with Gasteiger partial charge in [-0.2, -0.15) is 4.31 Å². The van der Waals surface area contributed by atoms with E-state index in [0.717, 1.165) is 6.26 Å². The van der Waals surface area contributed by atoms with Gasteiger partial charge in [-0.15, -0.1) is 15.0 Å². The Balaban J connectivity index is 1.69. The average Bonchev–Trinajstić information content (AvgIpc) is 3.04. The Hall–Kier alpha value is -2.33. The third-order valence-electron chi connectivity index (χ3n) is 3.59. The minimum atomic E-state index is -3.22. The van der Waals surface area contributed by atoms with Crippen molar-refractivity contribution in [3.63, 3.8) is 0 Å². The second-order valence-electron chi connectivity index (χ2n) is 5.19. The van der Waals surface area contributed by atoms with Gasteiger partial charge in [-0.25, -0.2) is 8.42 Å². The molecule has 1 amide bonds. The van der Waals surface area contributed by atoms with E-state index < -0.39 is 10.0 Å². The number of carbonyl (C=O) groups excluding carboxylic acids is 1. The monoisotopic (exact) mass is 336 g/mol. The Kier molecular flexibility index (Phi) is 4.09. The van der Waals surface area contributed by atoms with Crippen LogP contribution >= 0.6 is 0 Å². The molecule has 9 nitrogen and oxygen atoms in total. The quantitative estimate of drug-likeness (QED) is 0.740. The number of benzene rings is 1. The van der Waals surface area contributed by atoms with E-state index in [4.69, 9.17) is 0 Å². The molecule has 1 aliphatic rings. The summed E-state index contributed by atoms with van der Waals surface area (Å²) in [5.41, 5.74) is 0.709. The van der Waals surface area contributed by atoms with Crippen LogP contribution in [0.4, 0.5) is 0 Å². The highest BCUT2D eigenvalue weighted by atomic mass is 32.2. The zero-order valence-electron chi connectivity index (χ0n) is 12.5. The molecule has 0 unspecified atom stereocenters. The molecule has 0 radical (unpaired) electrons. The number of aromatic nitrogens is 4. The lowest BCUT2D eigenvalue weighted by Crippen LogP contribution is -2.50. The first-order chi connectivity index (χ1) is 10.9. The molecule has 0 saturated carbocycles. The molecule has 2 aromatic rings. The lowest BCUT2D eigenvalue weighted by atomic mass is 10.3. The van der Waals surface area contributed by atoms with Crippen molar-refractivity contribution in [1.82, 2.24) is 29.4 Å². The Bertz CT molecular complexity index is 796. The van der Waals surface area contributed by atoms with Crippen molar-refractivity contribution in [2.45, 2.75) is 0 Å². The summed E-state index contributed by atoms with van der Waals surface area (Å²) >= 11 is 0. The van der Waals surface area contributed by atoms with Gasteiger partial charge in [0.2, 0.25) is 10.0 Å². The molecule has 1 aliphatic heterocycles. The minimum absolute atomic E-state index is 0.00154. The van der Waals surface area contributed by atoms with Crippen LogP contribution in [0.3, 0.4) is 0 Å². The molecule has 1 aromatic heterocycles. The fraction of sp³-hybridized carbons (Fsp3) is 0.385. The van der Waals surface area contributed by atoms with Crippen molar-refractivity contribution in [1.29, 1.82) is 0 Å². The van der Waals surface area contributed by atoms with E-state index in [0.29, 0.717) is 18.8 Å². The van der Waals surface area contributed by atoms with E-state index in [1.54, 1.807) is 12.1 Å². The molecule has 1 aromatic carbocycles. The lowest BCUT2D eigenvalue weighted by molar-refractivity contribution is 0.0685. The number of hydrogen-bond acceptors (Lipinski definition) is 6. The lowest BCUT2D eigenvalue weighted by Gasteiger charge is -2.32. The van der Waals surface area contributed by atoms with Gasteiger partial charge >= 0.3 is 0 Å². The van der Waals surface area contributed by atoms with E-state index in [1.165, 1.54) is 14.0 Å². The van der Waals surface area contributed by atoms with Crippen LogP contribution in [0.5, 0.6) is 0 Å². The number of rotatable bonds is 3. The summed E-state index contributed by atoms with van der Waals surface area (Å²) in [5, 5.41) is 11.8. The first-order valence-electron chi connectivity index (χ1n) is 7.05. The summed E-state index contributed by atoms with van der Waals surface area (Å²) in [5.74, 6) is -0.345. The van der Waals surface area contributed by atoms with E-state index in [-0.39, 0.29) is 24.8 Å². The number of sulfonamides is 1. The molecule has 10 heteroatoms. The fourth-order valence-corrected chi connectivity index (χ4v) is 3.16. The minimum Gasteiger partial charge on any atom is -0.333 e. The highest BCUT2D eigenvalue weighted by molar-refractivity contribution is 7.88. The summed E-state index contributed by atoms with van der Waals surface area (Å²) in [6.45, 7) is 1.17. The zero-order chi connectivity index (χ0) is 16.4.